The molecule has 0 saturated heterocycles. The van der Waals surface area contributed by atoms with Crippen molar-refractivity contribution in [3.05, 3.63) is 113 Å². The molecule has 1 aliphatic heterocycles. The monoisotopic (exact) mass is 587 g/mol. The molecule has 0 bridgehead atoms. The van der Waals surface area contributed by atoms with Crippen molar-refractivity contribution >= 4 is 27.6 Å². The molecule has 0 spiro atoms. The maximum Gasteiger partial charge on any atom is 0.161 e. The molecule has 5 heteroatoms. The summed E-state index contributed by atoms with van der Waals surface area (Å²) >= 11 is 0. The van der Waals surface area contributed by atoms with E-state index >= 15 is 0 Å². The molecule has 0 N–H and O–H groups in total. The molecule has 226 valence electrons. The first-order valence-electron chi connectivity index (χ1n) is 15.3. The van der Waals surface area contributed by atoms with Crippen LogP contribution in [0.2, 0.25) is 0 Å². The van der Waals surface area contributed by atoms with Crippen molar-refractivity contribution in [2.24, 2.45) is 0 Å². The zero-order valence-corrected chi connectivity index (χ0v) is 26.4. The number of benzene rings is 5. The first kappa shape index (κ1) is 29.4. The molecule has 0 fully saturated rings. The highest BCUT2D eigenvalue weighted by atomic mass is 16.5. The molecule has 5 aromatic carbocycles. The summed E-state index contributed by atoms with van der Waals surface area (Å²) in [4.78, 5) is 2.13. The maximum absolute atomic E-state index is 5.51. The SMILES string of the molecule is COc1cc2c(cc1OC)CN(C)C=C2.COc1ccc(CC2CCCc3c2ccc2c3ccc3ccccc32)cc1OC. The summed E-state index contributed by atoms with van der Waals surface area (Å²) in [5.74, 6) is 3.72. The van der Waals surface area contributed by atoms with E-state index in [1.54, 1.807) is 34.0 Å². The predicted molar refractivity (Wildman–Crippen MR) is 180 cm³/mol. The van der Waals surface area contributed by atoms with E-state index in [4.69, 9.17) is 18.9 Å². The van der Waals surface area contributed by atoms with Crippen LogP contribution >= 0.6 is 0 Å². The largest absolute Gasteiger partial charge is 0.493 e. The number of rotatable bonds is 6. The number of methoxy groups -OCH3 is 4. The van der Waals surface area contributed by atoms with Crippen molar-refractivity contribution < 1.29 is 18.9 Å². The fraction of sp³-hybridized carbons (Fsp3) is 0.282. The van der Waals surface area contributed by atoms with Crippen LogP contribution in [-0.4, -0.2) is 40.4 Å². The van der Waals surface area contributed by atoms with Gasteiger partial charge in [-0.25, -0.2) is 0 Å². The number of ether oxygens (including phenoxy) is 4. The van der Waals surface area contributed by atoms with Gasteiger partial charge in [0.1, 0.15) is 0 Å². The molecule has 44 heavy (non-hydrogen) atoms. The highest BCUT2D eigenvalue weighted by molar-refractivity contribution is 6.08. The summed E-state index contributed by atoms with van der Waals surface area (Å²) in [6, 6.07) is 28.4. The van der Waals surface area contributed by atoms with Crippen molar-refractivity contribution in [1.29, 1.82) is 0 Å². The summed E-state index contributed by atoms with van der Waals surface area (Å²) in [5, 5.41) is 5.49. The average Bonchev–Trinajstić information content (AvgIpc) is 3.07. The Bertz CT molecular complexity index is 1830. The van der Waals surface area contributed by atoms with Gasteiger partial charge < -0.3 is 23.8 Å². The zero-order valence-electron chi connectivity index (χ0n) is 26.4. The van der Waals surface area contributed by atoms with Crippen LogP contribution in [0.3, 0.4) is 0 Å². The smallest absolute Gasteiger partial charge is 0.161 e. The number of hydrogen-bond donors (Lipinski definition) is 0. The molecule has 5 aromatic rings. The van der Waals surface area contributed by atoms with Gasteiger partial charge in [0.05, 0.1) is 28.4 Å². The summed E-state index contributed by atoms with van der Waals surface area (Å²) in [6.07, 6.45) is 8.84. The minimum Gasteiger partial charge on any atom is -0.493 e. The van der Waals surface area contributed by atoms with E-state index in [0.717, 1.165) is 36.0 Å². The quantitative estimate of drug-likeness (QED) is 0.186. The molecular weight excluding hydrogens is 546 g/mol. The normalized spacial score (nSPS) is 15.2. The van der Waals surface area contributed by atoms with E-state index in [9.17, 15) is 0 Å². The van der Waals surface area contributed by atoms with Crippen molar-refractivity contribution in [3.63, 3.8) is 0 Å². The molecule has 0 radical (unpaired) electrons. The Morgan fingerprint density at radius 3 is 2.23 bits per heavy atom. The lowest BCUT2D eigenvalue weighted by molar-refractivity contribution is 0.353. The first-order chi connectivity index (χ1) is 21.5. The van der Waals surface area contributed by atoms with E-state index in [-0.39, 0.29) is 0 Å². The van der Waals surface area contributed by atoms with E-state index < -0.39 is 0 Å². The lowest BCUT2D eigenvalue weighted by atomic mass is 9.77. The molecule has 0 saturated carbocycles. The minimum absolute atomic E-state index is 0.549. The van der Waals surface area contributed by atoms with Gasteiger partial charge in [0, 0.05) is 13.6 Å². The summed E-state index contributed by atoms with van der Waals surface area (Å²) in [6.45, 7) is 0.909. The van der Waals surface area contributed by atoms with Crippen LogP contribution in [0.15, 0.2) is 85.1 Å². The topological polar surface area (TPSA) is 40.2 Å². The molecule has 0 amide bonds. The molecule has 1 aliphatic carbocycles. The van der Waals surface area contributed by atoms with E-state index in [1.165, 1.54) is 63.1 Å². The summed E-state index contributed by atoms with van der Waals surface area (Å²) < 4.78 is 21.4. The highest BCUT2D eigenvalue weighted by Gasteiger charge is 2.23. The lowest BCUT2D eigenvalue weighted by Crippen LogP contribution is -2.14. The molecule has 2 aliphatic rings. The Morgan fingerprint density at radius 2 is 1.43 bits per heavy atom. The maximum atomic E-state index is 5.51. The molecule has 7 rings (SSSR count). The van der Waals surface area contributed by atoms with Gasteiger partial charge in [-0.05, 0) is 118 Å². The average molecular weight is 588 g/mol. The molecule has 0 aromatic heterocycles. The highest BCUT2D eigenvalue weighted by Crippen LogP contribution is 2.40. The van der Waals surface area contributed by atoms with Crippen LogP contribution in [0.25, 0.3) is 27.6 Å². The van der Waals surface area contributed by atoms with Crippen LogP contribution in [0.1, 0.15) is 46.6 Å². The lowest BCUT2D eigenvalue weighted by Gasteiger charge is -2.27. The number of fused-ring (bicyclic) bond motifs is 6. The van der Waals surface area contributed by atoms with E-state index in [2.05, 4.69) is 84.9 Å². The second kappa shape index (κ2) is 12.9. The van der Waals surface area contributed by atoms with E-state index in [0.29, 0.717) is 5.92 Å². The minimum atomic E-state index is 0.549. The third-order valence-corrected chi connectivity index (χ3v) is 9.00. The van der Waals surface area contributed by atoms with Crippen molar-refractivity contribution in [2.45, 2.75) is 38.1 Å². The first-order valence-corrected chi connectivity index (χ1v) is 15.3. The van der Waals surface area contributed by atoms with Crippen molar-refractivity contribution in [1.82, 2.24) is 4.90 Å². The van der Waals surface area contributed by atoms with Crippen LogP contribution in [0.4, 0.5) is 0 Å². The Hall–Kier alpha value is -4.64. The number of aryl methyl sites for hydroxylation is 1. The van der Waals surface area contributed by atoms with Gasteiger partial charge in [-0.3, -0.25) is 0 Å². The fourth-order valence-corrected chi connectivity index (χ4v) is 6.77. The van der Waals surface area contributed by atoms with Gasteiger partial charge in [0.2, 0.25) is 0 Å². The Labute approximate surface area is 260 Å². The third-order valence-electron chi connectivity index (χ3n) is 9.00. The van der Waals surface area contributed by atoms with Gasteiger partial charge in [0.25, 0.3) is 0 Å². The Balaban J connectivity index is 0.000000193. The van der Waals surface area contributed by atoms with E-state index in [1.807, 2.05) is 18.2 Å². The summed E-state index contributed by atoms with van der Waals surface area (Å²) in [7, 11) is 8.75. The van der Waals surface area contributed by atoms with Gasteiger partial charge >= 0.3 is 0 Å². The molecular formula is C39H41NO4. The Morgan fingerprint density at radius 1 is 0.705 bits per heavy atom. The molecule has 1 atom stereocenters. The van der Waals surface area contributed by atoms with Crippen molar-refractivity contribution in [2.75, 3.05) is 35.5 Å². The van der Waals surface area contributed by atoms with Crippen LogP contribution in [0, 0.1) is 0 Å². The predicted octanol–water partition coefficient (Wildman–Crippen LogP) is 8.79. The van der Waals surface area contributed by atoms with Gasteiger partial charge in [0.15, 0.2) is 23.0 Å². The second-order valence-corrected chi connectivity index (χ2v) is 11.6. The molecule has 5 nitrogen and oxygen atoms in total. The number of nitrogens with zero attached hydrogens (tertiary/aromatic N) is 1. The van der Waals surface area contributed by atoms with Crippen LogP contribution in [-0.2, 0) is 19.4 Å². The van der Waals surface area contributed by atoms with Crippen LogP contribution < -0.4 is 18.9 Å². The van der Waals surface area contributed by atoms with Gasteiger partial charge in [-0.1, -0.05) is 54.6 Å². The molecule has 1 heterocycles. The van der Waals surface area contributed by atoms with Crippen LogP contribution in [0.5, 0.6) is 23.0 Å². The third kappa shape index (κ3) is 5.79. The zero-order chi connectivity index (χ0) is 30.6. The van der Waals surface area contributed by atoms with Crippen molar-refractivity contribution in [3.8, 4) is 23.0 Å². The Kier molecular flexibility index (Phi) is 8.65. The molecule has 1 unspecified atom stereocenters. The number of hydrogen-bond acceptors (Lipinski definition) is 5. The summed E-state index contributed by atoms with van der Waals surface area (Å²) in [5.41, 5.74) is 6.83. The standard InChI is InChI=1S/C27H26O2.C12H15NO2/c1-28-26-15-10-18(17-27(26)29-2)16-20-7-5-9-23-22(20)13-14-24-21-8-4-3-6-19(21)11-12-25(23)24;1-13-5-4-9-6-11(14-2)12(15-3)7-10(9)8-13/h3-4,6,8,10-15,17,20H,5,7,9,16H2,1-2H3;4-7H,8H2,1-3H3. The fourth-order valence-electron chi connectivity index (χ4n) is 6.77. The van der Waals surface area contributed by atoms with Gasteiger partial charge in [-0.2, -0.15) is 0 Å². The second-order valence-electron chi connectivity index (χ2n) is 11.6. The van der Waals surface area contributed by atoms with Gasteiger partial charge in [-0.15, -0.1) is 0 Å².